The molecule has 0 fully saturated rings. The summed E-state index contributed by atoms with van der Waals surface area (Å²) < 4.78 is 33.6. The summed E-state index contributed by atoms with van der Waals surface area (Å²) in [5.41, 5.74) is 4.16. The Morgan fingerprint density at radius 3 is 2.07 bits per heavy atom. The van der Waals surface area contributed by atoms with Gasteiger partial charge in [-0.15, -0.1) is 0 Å². The maximum absolute atomic E-state index is 14.2. The van der Waals surface area contributed by atoms with Crippen LogP contribution in [0.2, 0.25) is 0 Å². The molecule has 3 rings (SSSR count). The Morgan fingerprint density at radius 2 is 1.43 bits per heavy atom. The largest absolute Gasteiger partial charge is 0.490 e. The zero-order chi connectivity index (χ0) is 19.9. The molecule has 0 heterocycles. The van der Waals surface area contributed by atoms with E-state index in [1.54, 1.807) is 0 Å². The lowest BCUT2D eigenvalue weighted by Crippen LogP contribution is -2.01. The third-order valence-corrected chi connectivity index (χ3v) is 4.41. The van der Waals surface area contributed by atoms with E-state index in [1.165, 1.54) is 17.7 Å². The van der Waals surface area contributed by atoms with Gasteiger partial charge in [-0.25, -0.2) is 4.39 Å². The van der Waals surface area contributed by atoms with Gasteiger partial charge >= 0.3 is 0 Å². The van der Waals surface area contributed by atoms with Crippen molar-refractivity contribution in [2.24, 2.45) is 0 Å². The number of hydrogen-bond acceptors (Lipinski definition) is 1. The van der Waals surface area contributed by atoms with Crippen LogP contribution in [0.5, 0.6) is 5.75 Å². The molecule has 0 N–H and O–H groups in total. The molecule has 3 aromatic carbocycles. The van der Waals surface area contributed by atoms with Gasteiger partial charge in [0.2, 0.25) is 5.82 Å². The highest BCUT2D eigenvalue weighted by atomic mass is 19.2. The summed E-state index contributed by atoms with van der Waals surface area (Å²) in [5.74, 6) is 3.57. The fraction of sp³-hybridized carbons (Fsp3) is 0.200. The van der Waals surface area contributed by atoms with Crippen molar-refractivity contribution < 1.29 is 13.5 Å². The summed E-state index contributed by atoms with van der Waals surface area (Å²) in [5, 5.41) is 0. The fourth-order valence-electron chi connectivity index (χ4n) is 2.70. The van der Waals surface area contributed by atoms with Crippen LogP contribution in [0.3, 0.4) is 0 Å². The van der Waals surface area contributed by atoms with E-state index in [-0.39, 0.29) is 11.3 Å². The monoisotopic (exact) mass is 376 g/mol. The molecule has 0 aromatic heterocycles. The van der Waals surface area contributed by atoms with Gasteiger partial charge in [0.15, 0.2) is 11.6 Å². The third-order valence-electron chi connectivity index (χ3n) is 4.41. The highest BCUT2D eigenvalue weighted by Crippen LogP contribution is 2.23. The zero-order valence-corrected chi connectivity index (χ0v) is 16.1. The van der Waals surface area contributed by atoms with Gasteiger partial charge in [-0.1, -0.05) is 67.1 Å². The van der Waals surface area contributed by atoms with E-state index in [4.69, 9.17) is 4.74 Å². The number of unbranched alkanes of at least 4 members (excludes halogenated alkanes) is 1. The summed E-state index contributed by atoms with van der Waals surface area (Å²) in [6.45, 7) is 4.42. The molecule has 3 aromatic rings. The van der Waals surface area contributed by atoms with Crippen molar-refractivity contribution in [2.75, 3.05) is 6.61 Å². The Morgan fingerprint density at radius 1 is 0.786 bits per heavy atom. The Bertz CT molecular complexity index is 994. The van der Waals surface area contributed by atoms with E-state index in [2.05, 4.69) is 36.1 Å². The minimum atomic E-state index is -0.988. The summed E-state index contributed by atoms with van der Waals surface area (Å²) >= 11 is 0. The van der Waals surface area contributed by atoms with Crippen LogP contribution in [0.15, 0.2) is 60.7 Å². The van der Waals surface area contributed by atoms with Gasteiger partial charge in [0.1, 0.15) is 0 Å². The van der Waals surface area contributed by atoms with Crippen molar-refractivity contribution in [3.05, 3.63) is 89.0 Å². The van der Waals surface area contributed by atoms with Crippen LogP contribution in [-0.4, -0.2) is 6.61 Å². The van der Waals surface area contributed by atoms with Crippen LogP contribution in [0, 0.1) is 30.4 Å². The lowest BCUT2D eigenvalue weighted by atomic mass is 10.0. The predicted octanol–water partition coefficient (Wildman–Crippen LogP) is 6.52. The molecule has 1 nitrogen and oxygen atoms in total. The molecule has 0 spiro atoms. The highest BCUT2D eigenvalue weighted by molar-refractivity contribution is 5.64. The average Bonchev–Trinajstić information content (AvgIpc) is 2.72. The van der Waals surface area contributed by atoms with E-state index < -0.39 is 11.6 Å². The van der Waals surface area contributed by atoms with E-state index >= 15 is 0 Å². The Hall–Kier alpha value is -3.12. The summed E-state index contributed by atoms with van der Waals surface area (Å²) in [6.07, 6.45) is 1.72. The predicted molar refractivity (Wildman–Crippen MR) is 109 cm³/mol. The first-order valence-electron chi connectivity index (χ1n) is 9.38. The Labute approximate surface area is 165 Å². The van der Waals surface area contributed by atoms with Gasteiger partial charge in [0, 0.05) is 5.56 Å². The quantitative estimate of drug-likeness (QED) is 0.364. The molecule has 0 aliphatic heterocycles. The van der Waals surface area contributed by atoms with Gasteiger partial charge in [0.05, 0.1) is 12.2 Å². The second-order valence-corrected chi connectivity index (χ2v) is 6.63. The van der Waals surface area contributed by atoms with Gasteiger partial charge in [0.25, 0.3) is 0 Å². The average molecular weight is 376 g/mol. The molecule has 0 amide bonds. The molecule has 142 valence electrons. The molecule has 0 aliphatic rings. The first-order valence-corrected chi connectivity index (χ1v) is 9.38. The number of rotatable bonds is 5. The van der Waals surface area contributed by atoms with Crippen molar-refractivity contribution in [2.45, 2.75) is 26.7 Å². The molecule has 0 atom stereocenters. The molecule has 0 unspecified atom stereocenters. The topological polar surface area (TPSA) is 9.23 Å². The minimum Gasteiger partial charge on any atom is -0.490 e. The number of benzene rings is 3. The molecular weight excluding hydrogens is 354 g/mol. The number of aryl methyl sites for hydroxylation is 1. The van der Waals surface area contributed by atoms with Gasteiger partial charge in [-0.05, 0) is 48.7 Å². The molecule has 0 saturated carbocycles. The molecule has 28 heavy (non-hydrogen) atoms. The fourth-order valence-corrected chi connectivity index (χ4v) is 2.70. The molecular formula is C25H22F2O. The molecule has 0 saturated heterocycles. The first-order chi connectivity index (χ1) is 13.6. The Kier molecular flexibility index (Phi) is 6.45. The van der Waals surface area contributed by atoms with Crippen LogP contribution in [0.25, 0.3) is 11.1 Å². The first kappa shape index (κ1) is 19.6. The maximum Gasteiger partial charge on any atom is 0.201 e. The Balaban J connectivity index is 1.76. The van der Waals surface area contributed by atoms with Crippen molar-refractivity contribution in [3.63, 3.8) is 0 Å². The van der Waals surface area contributed by atoms with Crippen LogP contribution in [0.4, 0.5) is 8.78 Å². The highest BCUT2D eigenvalue weighted by Gasteiger charge is 2.13. The summed E-state index contributed by atoms with van der Waals surface area (Å²) in [6, 6.07) is 18.8. The standard InChI is InChI=1S/C25H22F2O/c1-3-4-17-28-23-16-15-22(24(26)25(23)27)14-9-19-7-12-21(13-8-19)20-10-5-18(2)6-11-20/h5-8,10-13,15-16H,3-4,17H2,1-2H3. The van der Waals surface area contributed by atoms with Gasteiger partial charge in [-0.2, -0.15) is 4.39 Å². The smallest absolute Gasteiger partial charge is 0.201 e. The van der Waals surface area contributed by atoms with E-state index in [1.807, 2.05) is 38.1 Å². The van der Waals surface area contributed by atoms with Crippen LogP contribution >= 0.6 is 0 Å². The van der Waals surface area contributed by atoms with Crippen LogP contribution in [-0.2, 0) is 0 Å². The second kappa shape index (κ2) is 9.19. The molecule has 0 radical (unpaired) electrons. The summed E-state index contributed by atoms with van der Waals surface area (Å²) in [4.78, 5) is 0. The number of ether oxygens (including phenoxy) is 1. The summed E-state index contributed by atoms with van der Waals surface area (Å²) in [7, 11) is 0. The van der Waals surface area contributed by atoms with Crippen molar-refractivity contribution >= 4 is 0 Å². The molecule has 3 heteroatoms. The van der Waals surface area contributed by atoms with E-state index in [9.17, 15) is 8.78 Å². The van der Waals surface area contributed by atoms with Crippen molar-refractivity contribution in [1.82, 2.24) is 0 Å². The van der Waals surface area contributed by atoms with Crippen molar-refractivity contribution in [3.8, 4) is 28.7 Å². The third kappa shape index (κ3) is 4.78. The normalized spacial score (nSPS) is 10.3. The zero-order valence-electron chi connectivity index (χ0n) is 16.1. The van der Waals surface area contributed by atoms with Crippen molar-refractivity contribution in [1.29, 1.82) is 0 Å². The van der Waals surface area contributed by atoms with Gasteiger partial charge in [-0.3, -0.25) is 0 Å². The lowest BCUT2D eigenvalue weighted by Gasteiger charge is -2.07. The molecule has 0 bridgehead atoms. The second-order valence-electron chi connectivity index (χ2n) is 6.63. The SMILES string of the molecule is CCCCOc1ccc(C#Cc2ccc(-c3ccc(C)cc3)cc2)c(F)c1F. The lowest BCUT2D eigenvalue weighted by molar-refractivity contribution is 0.288. The van der Waals surface area contributed by atoms with Crippen LogP contribution in [0.1, 0.15) is 36.5 Å². The number of halogens is 2. The van der Waals surface area contributed by atoms with Crippen LogP contribution < -0.4 is 4.74 Å². The number of hydrogen-bond donors (Lipinski definition) is 0. The van der Waals surface area contributed by atoms with E-state index in [0.717, 1.165) is 29.5 Å². The maximum atomic E-state index is 14.2. The van der Waals surface area contributed by atoms with E-state index in [0.29, 0.717) is 6.61 Å². The minimum absolute atomic E-state index is 0.0166. The van der Waals surface area contributed by atoms with Gasteiger partial charge < -0.3 is 4.74 Å². The molecule has 0 aliphatic carbocycles.